The van der Waals surface area contributed by atoms with Crippen molar-refractivity contribution in [1.29, 1.82) is 0 Å². The Kier molecular flexibility index (Phi) is 7.14. The van der Waals surface area contributed by atoms with Gasteiger partial charge in [0, 0.05) is 19.2 Å². The van der Waals surface area contributed by atoms with E-state index in [4.69, 9.17) is 4.74 Å². The lowest BCUT2D eigenvalue weighted by Crippen LogP contribution is -2.40. The van der Waals surface area contributed by atoms with Crippen LogP contribution in [0.15, 0.2) is 48.5 Å². The number of carbonyl (C=O) groups excluding carboxylic acids is 2. The van der Waals surface area contributed by atoms with Crippen molar-refractivity contribution in [3.8, 4) is 5.75 Å². The molecule has 138 valence electrons. The average molecular weight is 358 g/mol. The van der Waals surface area contributed by atoms with Gasteiger partial charge in [-0.1, -0.05) is 12.1 Å². The number of benzene rings is 2. The van der Waals surface area contributed by atoms with Crippen LogP contribution in [0.1, 0.15) is 19.4 Å². The number of ether oxygens (including phenoxy) is 1. The molecule has 5 nitrogen and oxygen atoms in total. The van der Waals surface area contributed by atoms with Crippen LogP contribution in [-0.4, -0.2) is 31.5 Å². The molecule has 0 atom stereocenters. The number of hydrogen-bond acceptors (Lipinski definition) is 3. The van der Waals surface area contributed by atoms with Crippen molar-refractivity contribution in [3.05, 3.63) is 59.9 Å². The predicted molar refractivity (Wildman–Crippen MR) is 98.8 cm³/mol. The molecule has 0 radical (unpaired) electrons. The average Bonchev–Trinajstić information content (AvgIpc) is 2.62. The standard InChI is InChI=1S/C20H23FN2O3/c1-3-26-19-10-8-18(9-11-19)23(15(2)24)14-20(25)22-13-12-16-4-6-17(21)7-5-16/h4-11H,3,12-14H2,1-2H3,(H,22,25). The van der Waals surface area contributed by atoms with Crippen molar-refractivity contribution < 1.29 is 18.7 Å². The van der Waals surface area contributed by atoms with Gasteiger partial charge in [-0.15, -0.1) is 0 Å². The SMILES string of the molecule is CCOc1ccc(N(CC(=O)NCCc2ccc(F)cc2)C(C)=O)cc1. The van der Waals surface area contributed by atoms with Gasteiger partial charge in [0.2, 0.25) is 11.8 Å². The number of nitrogens with zero attached hydrogens (tertiary/aromatic N) is 1. The summed E-state index contributed by atoms with van der Waals surface area (Å²) in [6.07, 6.45) is 0.592. The molecule has 0 aliphatic carbocycles. The molecule has 26 heavy (non-hydrogen) atoms. The van der Waals surface area contributed by atoms with Crippen LogP contribution in [0.5, 0.6) is 5.75 Å². The first kappa shape index (κ1) is 19.4. The smallest absolute Gasteiger partial charge is 0.240 e. The summed E-state index contributed by atoms with van der Waals surface area (Å²) >= 11 is 0. The van der Waals surface area contributed by atoms with E-state index in [0.29, 0.717) is 31.0 Å². The fraction of sp³-hybridized carbons (Fsp3) is 0.300. The summed E-state index contributed by atoms with van der Waals surface area (Å²) in [6, 6.07) is 13.2. The fourth-order valence-electron chi connectivity index (χ4n) is 2.47. The Morgan fingerprint density at radius 3 is 2.31 bits per heavy atom. The molecule has 2 aromatic rings. The van der Waals surface area contributed by atoms with Gasteiger partial charge in [-0.2, -0.15) is 0 Å². The van der Waals surface area contributed by atoms with E-state index in [1.165, 1.54) is 24.0 Å². The molecule has 0 aliphatic rings. The molecular formula is C20H23FN2O3. The molecule has 0 spiro atoms. The van der Waals surface area contributed by atoms with E-state index in [9.17, 15) is 14.0 Å². The summed E-state index contributed by atoms with van der Waals surface area (Å²) in [6.45, 7) is 4.23. The highest BCUT2D eigenvalue weighted by Crippen LogP contribution is 2.19. The summed E-state index contributed by atoms with van der Waals surface area (Å²) in [5.41, 5.74) is 1.57. The van der Waals surface area contributed by atoms with Gasteiger partial charge in [-0.3, -0.25) is 9.59 Å². The summed E-state index contributed by atoms with van der Waals surface area (Å²) in [4.78, 5) is 25.5. The molecule has 0 heterocycles. The molecule has 0 aliphatic heterocycles. The quantitative estimate of drug-likeness (QED) is 0.789. The number of hydrogen-bond donors (Lipinski definition) is 1. The minimum atomic E-state index is -0.287. The molecule has 0 saturated heterocycles. The number of carbonyl (C=O) groups is 2. The van der Waals surface area contributed by atoms with Gasteiger partial charge < -0.3 is 15.0 Å². The zero-order valence-corrected chi connectivity index (χ0v) is 15.0. The topological polar surface area (TPSA) is 58.6 Å². The second-order valence-electron chi connectivity index (χ2n) is 5.76. The van der Waals surface area contributed by atoms with Crippen LogP contribution in [-0.2, 0) is 16.0 Å². The molecule has 0 fully saturated rings. The molecule has 0 bridgehead atoms. The molecule has 0 saturated carbocycles. The van der Waals surface area contributed by atoms with Gasteiger partial charge in [0.1, 0.15) is 18.1 Å². The molecule has 6 heteroatoms. The van der Waals surface area contributed by atoms with Crippen LogP contribution in [0.4, 0.5) is 10.1 Å². The molecule has 0 aromatic heterocycles. The lowest BCUT2D eigenvalue weighted by Gasteiger charge is -2.21. The van der Waals surface area contributed by atoms with Crippen LogP contribution in [0, 0.1) is 5.82 Å². The number of nitrogens with one attached hydrogen (secondary N) is 1. The number of anilines is 1. The van der Waals surface area contributed by atoms with Gasteiger partial charge in [-0.05, 0) is 55.3 Å². The molecule has 2 aromatic carbocycles. The highest BCUT2D eigenvalue weighted by atomic mass is 19.1. The first-order chi connectivity index (χ1) is 12.5. The summed E-state index contributed by atoms with van der Waals surface area (Å²) in [5, 5.41) is 2.78. The van der Waals surface area contributed by atoms with Gasteiger partial charge in [0.15, 0.2) is 0 Å². The summed E-state index contributed by atoms with van der Waals surface area (Å²) in [7, 11) is 0. The van der Waals surface area contributed by atoms with Crippen molar-refractivity contribution >= 4 is 17.5 Å². The van der Waals surface area contributed by atoms with Crippen molar-refractivity contribution in [2.45, 2.75) is 20.3 Å². The maximum atomic E-state index is 12.9. The van der Waals surface area contributed by atoms with E-state index in [1.807, 2.05) is 6.92 Å². The number of rotatable bonds is 8. The van der Waals surface area contributed by atoms with Crippen LogP contribution in [0.3, 0.4) is 0 Å². The molecule has 0 unspecified atom stereocenters. The number of amides is 2. The minimum absolute atomic E-state index is 0.0628. The van der Waals surface area contributed by atoms with Crippen molar-refractivity contribution in [3.63, 3.8) is 0 Å². The Balaban J connectivity index is 1.88. The maximum Gasteiger partial charge on any atom is 0.240 e. The zero-order valence-electron chi connectivity index (χ0n) is 15.0. The Bertz CT molecular complexity index is 730. The Hall–Kier alpha value is -2.89. The van der Waals surface area contributed by atoms with Crippen molar-refractivity contribution in [1.82, 2.24) is 5.32 Å². The monoisotopic (exact) mass is 358 g/mol. The Morgan fingerprint density at radius 1 is 1.08 bits per heavy atom. The molecule has 1 N–H and O–H groups in total. The summed E-state index contributed by atoms with van der Waals surface area (Å²) < 4.78 is 18.2. The van der Waals surface area contributed by atoms with E-state index in [1.54, 1.807) is 36.4 Å². The Morgan fingerprint density at radius 2 is 1.73 bits per heavy atom. The highest BCUT2D eigenvalue weighted by Gasteiger charge is 2.15. The lowest BCUT2D eigenvalue weighted by molar-refractivity contribution is -0.123. The summed E-state index contributed by atoms with van der Waals surface area (Å²) in [5.74, 6) is -0.0483. The second kappa shape index (κ2) is 9.56. The van der Waals surface area contributed by atoms with Crippen molar-refractivity contribution in [2.24, 2.45) is 0 Å². The third-order valence-corrected chi connectivity index (χ3v) is 3.79. The van der Waals surface area contributed by atoms with Gasteiger partial charge in [0.05, 0.1) is 6.61 Å². The van der Waals surface area contributed by atoms with Crippen LogP contribution >= 0.6 is 0 Å². The zero-order chi connectivity index (χ0) is 18.9. The largest absolute Gasteiger partial charge is 0.494 e. The molecule has 2 rings (SSSR count). The fourth-order valence-corrected chi connectivity index (χ4v) is 2.47. The van der Waals surface area contributed by atoms with E-state index in [-0.39, 0.29) is 24.2 Å². The minimum Gasteiger partial charge on any atom is -0.494 e. The van der Waals surface area contributed by atoms with Crippen LogP contribution in [0.25, 0.3) is 0 Å². The van der Waals surface area contributed by atoms with Gasteiger partial charge in [-0.25, -0.2) is 4.39 Å². The Labute approximate surface area is 152 Å². The third kappa shape index (κ3) is 5.88. The lowest BCUT2D eigenvalue weighted by atomic mass is 10.1. The maximum absolute atomic E-state index is 12.9. The third-order valence-electron chi connectivity index (χ3n) is 3.79. The first-order valence-electron chi connectivity index (χ1n) is 8.51. The number of halogens is 1. The van der Waals surface area contributed by atoms with Gasteiger partial charge in [0.25, 0.3) is 0 Å². The van der Waals surface area contributed by atoms with Crippen LogP contribution in [0.2, 0.25) is 0 Å². The first-order valence-corrected chi connectivity index (χ1v) is 8.51. The van der Waals surface area contributed by atoms with Crippen LogP contribution < -0.4 is 15.0 Å². The second-order valence-corrected chi connectivity index (χ2v) is 5.76. The predicted octanol–water partition coefficient (Wildman–Crippen LogP) is 2.94. The van der Waals surface area contributed by atoms with E-state index in [2.05, 4.69) is 5.32 Å². The normalized spacial score (nSPS) is 10.3. The van der Waals surface area contributed by atoms with E-state index < -0.39 is 0 Å². The molecule has 2 amide bonds. The van der Waals surface area contributed by atoms with Crippen molar-refractivity contribution in [2.75, 3.05) is 24.6 Å². The van der Waals surface area contributed by atoms with Gasteiger partial charge >= 0.3 is 0 Å². The highest BCUT2D eigenvalue weighted by molar-refractivity contribution is 5.97. The van der Waals surface area contributed by atoms with E-state index in [0.717, 1.165) is 5.56 Å². The van der Waals surface area contributed by atoms with E-state index >= 15 is 0 Å². The molecular weight excluding hydrogens is 335 g/mol.